The normalized spacial score (nSPS) is 10.5. The molecule has 0 unspecified atom stereocenters. The summed E-state index contributed by atoms with van der Waals surface area (Å²) in [4.78, 5) is 4.34. The average molecular weight is 281 g/mol. The fourth-order valence-electron chi connectivity index (χ4n) is 1.67. The highest BCUT2D eigenvalue weighted by atomic mass is 35.5. The molecule has 0 aliphatic rings. The smallest absolute Gasteiger partial charge is 0.219 e. The first-order valence-electron chi connectivity index (χ1n) is 5.84. The zero-order valence-corrected chi connectivity index (χ0v) is 11.5. The molecule has 0 fully saturated rings. The fraction of sp³-hybridized carbons (Fsp3) is 0.214. The second kappa shape index (κ2) is 5.99. The molecule has 0 spiro atoms. The van der Waals surface area contributed by atoms with Crippen LogP contribution in [-0.4, -0.2) is 12.0 Å². The lowest BCUT2D eigenvalue weighted by molar-refractivity contribution is 0.459. The minimum absolute atomic E-state index is 0.221. The topological polar surface area (TPSA) is 34.1 Å². The summed E-state index contributed by atoms with van der Waals surface area (Å²) < 4.78 is 18.5. The number of aryl methyl sites for hydroxylation is 1. The Kier molecular flexibility index (Phi) is 4.35. The largest absolute Gasteiger partial charge is 0.437 e. The molecular formula is C14H14ClFN2O. The van der Waals surface area contributed by atoms with Crippen LogP contribution in [0.4, 0.5) is 4.39 Å². The predicted octanol–water partition coefficient (Wildman–Crippen LogP) is 3.69. The quantitative estimate of drug-likeness (QED) is 0.927. The van der Waals surface area contributed by atoms with E-state index in [9.17, 15) is 4.39 Å². The van der Waals surface area contributed by atoms with E-state index < -0.39 is 5.82 Å². The van der Waals surface area contributed by atoms with Crippen LogP contribution in [0.3, 0.4) is 0 Å². The average Bonchev–Trinajstić information content (AvgIpc) is 2.36. The molecule has 1 heterocycles. The lowest BCUT2D eigenvalue weighted by atomic mass is 10.2. The summed E-state index contributed by atoms with van der Waals surface area (Å²) in [6.07, 6.45) is 0. The number of aromatic nitrogens is 1. The van der Waals surface area contributed by atoms with E-state index >= 15 is 0 Å². The molecule has 5 heteroatoms. The zero-order valence-electron chi connectivity index (χ0n) is 10.7. The van der Waals surface area contributed by atoms with Crippen LogP contribution in [0.2, 0.25) is 5.02 Å². The van der Waals surface area contributed by atoms with E-state index in [0.717, 1.165) is 17.8 Å². The van der Waals surface area contributed by atoms with Crippen LogP contribution in [0.5, 0.6) is 11.6 Å². The van der Waals surface area contributed by atoms with Crippen molar-refractivity contribution in [3.05, 3.63) is 52.4 Å². The Morgan fingerprint density at radius 1 is 1.32 bits per heavy atom. The summed E-state index contributed by atoms with van der Waals surface area (Å²) in [6, 6.07) is 7.68. The van der Waals surface area contributed by atoms with Crippen LogP contribution in [0.15, 0.2) is 30.3 Å². The van der Waals surface area contributed by atoms with Crippen LogP contribution >= 0.6 is 11.6 Å². The molecule has 0 bridgehead atoms. The molecule has 2 rings (SSSR count). The molecule has 0 aliphatic heterocycles. The van der Waals surface area contributed by atoms with Crippen LogP contribution in [0.1, 0.15) is 11.3 Å². The summed E-state index contributed by atoms with van der Waals surface area (Å²) >= 11 is 5.90. The number of hydrogen-bond donors (Lipinski definition) is 1. The van der Waals surface area contributed by atoms with Gasteiger partial charge in [-0.05, 0) is 37.7 Å². The molecule has 2 aromatic rings. The Morgan fingerprint density at radius 2 is 2.11 bits per heavy atom. The minimum atomic E-state index is -0.397. The number of nitrogens with one attached hydrogen (secondary N) is 1. The van der Waals surface area contributed by atoms with E-state index in [-0.39, 0.29) is 5.02 Å². The van der Waals surface area contributed by atoms with Crippen molar-refractivity contribution >= 4 is 11.6 Å². The number of pyridine rings is 1. The van der Waals surface area contributed by atoms with Gasteiger partial charge in [-0.3, -0.25) is 0 Å². The van der Waals surface area contributed by atoms with Gasteiger partial charge in [0.1, 0.15) is 11.6 Å². The van der Waals surface area contributed by atoms with Crippen molar-refractivity contribution in [3.63, 3.8) is 0 Å². The molecular weight excluding hydrogens is 267 g/mol. The second-order valence-corrected chi connectivity index (χ2v) is 4.51. The molecule has 1 N–H and O–H groups in total. The van der Waals surface area contributed by atoms with Crippen molar-refractivity contribution < 1.29 is 9.13 Å². The minimum Gasteiger partial charge on any atom is -0.437 e. The van der Waals surface area contributed by atoms with Gasteiger partial charge < -0.3 is 10.1 Å². The summed E-state index contributed by atoms with van der Waals surface area (Å²) in [5.74, 6) is 0.424. The number of halogens is 2. The van der Waals surface area contributed by atoms with E-state index in [0.29, 0.717) is 11.6 Å². The first-order valence-corrected chi connectivity index (χ1v) is 6.22. The van der Waals surface area contributed by atoms with Gasteiger partial charge in [0.25, 0.3) is 0 Å². The maximum atomic E-state index is 12.9. The SMILES string of the molecule is CNCc1ccc(Oc2ccc(F)cc2Cl)nc1C. The van der Waals surface area contributed by atoms with E-state index in [1.165, 1.54) is 18.2 Å². The number of nitrogens with zero attached hydrogens (tertiary/aromatic N) is 1. The molecule has 1 aromatic carbocycles. The molecule has 0 radical (unpaired) electrons. The van der Waals surface area contributed by atoms with Crippen LogP contribution in [-0.2, 0) is 6.54 Å². The zero-order chi connectivity index (χ0) is 13.8. The Bertz CT molecular complexity index is 590. The summed E-state index contributed by atoms with van der Waals surface area (Å²) in [7, 11) is 1.88. The first kappa shape index (κ1) is 13.8. The van der Waals surface area contributed by atoms with Crippen molar-refractivity contribution in [2.75, 3.05) is 7.05 Å². The summed E-state index contributed by atoms with van der Waals surface area (Å²) in [5.41, 5.74) is 1.98. The van der Waals surface area contributed by atoms with Crippen LogP contribution in [0.25, 0.3) is 0 Å². The maximum Gasteiger partial charge on any atom is 0.219 e. The summed E-state index contributed by atoms with van der Waals surface area (Å²) in [6.45, 7) is 2.65. The van der Waals surface area contributed by atoms with Gasteiger partial charge in [0.15, 0.2) is 0 Å². The first-order chi connectivity index (χ1) is 9.10. The third kappa shape index (κ3) is 3.43. The van der Waals surface area contributed by atoms with Gasteiger partial charge in [-0.2, -0.15) is 0 Å². The Hall–Kier alpha value is -1.65. The number of hydrogen-bond acceptors (Lipinski definition) is 3. The van der Waals surface area contributed by atoms with E-state index in [1.54, 1.807) is 6.07 Å². The Balaban J connectivity index is 2.21. The molecule has 0 saturated carbocycles. The number of rotatable bonds is 4. The van der Waals surface area contributed by atoms with Gasteiger partial charge >= 0.3 is 0 Å². The third-order valence-electron chi connectivity index (χ3n) is 2.65. The van der Waals surface area contributed by atoms with Crippen molar-refractivity contribution in [3.8, 4) is 11.6 Å². The number of benzene rings is 1. The highest BCUT2D eigenvalue weighted by Gasteiger charge is 2.07. The molecule has 0 aliphatic carbocycles. The standard InChI is InChI=1S/C14H14ClFN2O/c1-9-10(8-17-2)3-6-14(18-9)19-13-5-4-11(16)7-12(13)15/h3-7,17H,8H2,1-2H3. The molecule has 0 amide bonds. The van der Waals surface area contributed by atoms with Gasteiger partial charge in [-0.15, -0.1) is 0 Å². The molecule has 100 valence electrons. The Morgan fingerprint density at radius 3 is 2.74 bits per heavy atom. The van der Waals surface area contributed by atoms with Crippen LogP contribution < -0.4 is 10.1 Å². The second-order valence-electron chi connectivity index (χ2n) is 4.10. The molecule has 0 atom stereocenters. The highest BCUT2D eigenvalue weighted by Crippen LogP contribution is 2.29. The van der Waals surface area contributed by atoms with Gasteiger partial charge in [-0.25, -0.2) is 9.37 Å². The van der Waals surface area contributed by atoms with Gasteiger partial charge in [0.2, 0.25) is 5.88 Å². The molecule has 3 nitrogen and oxygen atoms in total. The summed E-state index contributed by atoms with van der Waals surface area (Å²) in [5, 5.41) is 3.29. The monoisotopic (exact) mass is 280 g/mol. The Labute approximate surface area is 116 Å². The van der Waals surface area contributed by atoms with Crippen molar-refractivity contribution in [1.82, 2.24) is 10.3 Å². The van der Waals surface area contributed by atoms with E-state index in [2.05, 4.69) is 10.3 Å². The van der Waals surface area contributed by atoms with Crippen molar-refractivity contribution in [2.24, 2.45) is 0 Å². The van der Waals surface area contributed by atoms with Gasteiger partial charge in [0, 0.05) is 18.3 Å². The third-order valence-corrected chi connectivity index (χ3v) is 2.94. The van der Waals surface area contributed by atoms with E-state index in [1.807, 2.05) is 20.0 Å². The highest BCUT2D eigenvalue weighted by molar-refractivity contribution is 6.32. The molecule has 19 heavy (non-hydrogen) atoms. The lowest BCUT2D eigenvalue weighted by Crippen LogP contribution is -2.07. The number of ether oxygens (including phenoxy) is 1. The fourth-order valence-corrected chi connectivity index (χ4v) is 1.88. The van der Waals surface area contributed by atoms with Crippen molar-refractivity contribution in [1.29, 1.82) is 0 Å². The van der Waals surface area contributed by atoms with E-state index in [4.69, 9.17) is 16.3 Å². The van der Waals surface area contributed by atoms with Gasteiger partial charge in [0.05, 0.1) is 5.02 Å². The molecule has 0 saturated heterocycles. The van der Waals surface area contributed by atoms with Crippen LogP contribution in [0, 0.1) is 12.7 Å². The predicted molar refractivity (Wildman–Crippen MR) is 73.2 cm³/mol. The lowest BCUT2D eigenvalue weighted by Gasteiger charge is -2.09. The maximum absolute atomic E-state index is 12.9. The van der Waals surface area contributed by atoms with Gasteiger partial charge in [-0.1, -0.05) is 17.7 Å². The molecule has 1 aromatic heterocycles. The van der Waals surface area contributed by atoms with Crippen molar-refractivity contribution in [2.45, 2.75) is 13.5 Å².